The number of nitrogens with one attached hydrogen (secondary N) is 1. The van der Waals surface area contributed by atoms with Crippen LogP contribution in [0, 0.1) is 26.6 Å². The average molecular weight is 446 g/mol. The number of rotatable bonds is 6. The first kappa shape index (κ1) is 21.4. The van der Waals surface area contributed by atoms with Gasteiger partial charge in [-0.2, -0.15) is 0 Å². The van der Waals surface area contributed by atoms with E-state index in [1.54, 1.807) is 12.3 Å². The van der Waals surface area contributed by atoms with Gasteiger partial charge in [-0.3, -0.25) is 4.98 Å². The Kier molecular flexibility index (Phi) is 5.75. The first-order valence-corrected chi connectivity index (χ1v) is 11.4. The molecule has 5 rings (SSSR count). The Labute approximate surface area is 193 Å². The summed E-state index contributed by atoms with van der Waals surface area (Å²) in [4.78, 5) is 9.95. The van der Waals surface area contributed by atoms with E-state index in [0.717, 1.165) is 30.5 Å². The van der Waals surface area contributed by atoms with Crippen molar-refractivity contribution >= 4 is 5.84 Å². The number of pyridine rings is 1. The third kappa shape index (κ3) is 4.85. The minimum absolute atomic E-state index is 0.0509. The standard InChI is InChI=1S/C27H28FN3O2/c1-16-9-17(2)11-19(10-16)13-21-15-32-31-27(30-21)23-12-18(3)29-14-25(23)33-24-6-4-5-22(26(24)28)20-7-8-20/h4-6,9-12,14,20-21H,7-8,13,15H2,1-3H3,(H,30,31). The van der Waals surface area contributed by atoms with Gasteiger partial charge in [-0.25, -0.2) is 4.39 Å². The Morgan fingerprint density at radius 2 is 1.85 bits per heavy atom. The Balaban J connectivity index is 1.39. The van der Waals surface area contributed by atoms with Crippen molar-refractivity contribution in [2.75, 3.05) is 6.61 Å². The van der Waals surface area contributed by atoms with E-state index in [9.17, 15) is 0 Å². The van der Waals surface area contributed by atoms with Crippen LogP contribution in [0.5, 0.6) is 11.5 Å². The van der Waals surface area contributed by atoms with Crippen molar-refractivity contribution in [3.8, 4) is 11.5 Å². The molecule has 0 amide bonds. The number of nitrogens with zero attached hydrogens (tertiary/aromatic N) is 2. The van der Waals surface area contributed by atoms with Crippen molar-refractivity contribution < 1.29 is 14.0 Å². The fraction of sp³-hybridized carbons (Fsp3) is 0.333. The molecule has 1 aliphatic heterocycles. The summed E-state index contributed by atoms with van der Waals surface area (Å²) >= 11 is 0. The molecule has 3 aromatic rings. The molecule has 1 aromatic heterocycles. The highest BCUT2D eigenvalue weighted by atomic mass is 19.1. The minimum Gasteiger partial charge on any atom is -0.452 e. The Hall–Kier alpha value is -3.41. The molecule has 2 aliphatic rings. The SMILES string of the molecule is Cc1cc(C)cc(CC2CON=C(c3cc(C)ncc3Oc3cccc(C4CC4)c3F)N2)c1. The fourth-order valence-electron chi connectivity index (χ4n) is 4.41. The Morgan fingerprint density at radius 3 is 2.61 bits per heavy atom. The molecular formula is C27H28FN3O2. The average Bonchev–Trinajstić information content (AvgIpc) is 3.61. The van der Waals surface area contributed by atoms with E-state index in [1.165, 1.54) is 16.7 Å². The van der Waals surface area contributed by atoms with Crippen molar-refractivity contribution in [1.82, 2.24) is 10.3 Å². The molecule has 1 unspecified atom stereocenters. The lowest BCUT2D eigenvalue weighted by Crippen LogP contribution is -2.43. The Bertz CT molecular complexity index is 1200. The number of aromatic nitrogens is 1. The summed E-state index contributed by atoms with van der Waals surface area (Å²) in [7, 11) is 0. The molecule has 1 aliphatic carbocycles. The van der Waals surface area contributed by atoms with Gasteiger partial charge in [-0.15, -0.1) is 0 Å². The zero-order valence-electron chi connectivity index (χ0n) is 19.2. The van der Waals surface area contributed by atoms with Gasteiger partial charge in [0.15, 0.2) is 23.2 Å². The monoisotopic (exact) mass is 445 g/mol. The quantitative estimate of drug-likeness (QED) is 0.528. The van der Waals surface area contributed by atoms with Gasteiger partial charge in [0.05, 0.1) is 17.8 Å². The summed E-state index contributed by atoms with van der Waals surface area (Å²) in [5.74, 6) is 1.21. The highest BCUT2D eigenvalue weighted by Gasteiger charge is 2.28. The van der Waals surface area contributed by atoms with Gasteiger partial charge < -0.3 is 14.9 Å². The smallest absolute Gasteiger partial charge is 0.177 e. The van der Waals surface area contributed by atoms with Crippen LogP contribution in [0.25, 0.3) is 0 Å². The zero-order chi connectivity index (χ0) is 22.9. The molecule has 33 heavy (non-hydrogen) atoms. The molecule has 0 bridgehead atoms. The largest absolute Gasteiger partial charge is 0.452 e. The lowest BCUT2D eigenvalue weighted by Gasteiger charge is -2.25. The number of oxime groups is 1. The number of amidine groups is 1. The number of aryl methyl sites for hydroxylation is 3. The molecule has 1 atom stereocenters. The normalized spacial score (nSPS) is 17.7. The van der Waals surface area contributed by atoms with Crippen LogP contribution in [0.3, 0.4) is 0 Å². The van der Waals surface area contributed by atoms with E-state index in [4.69, 9.17) is 9.57 Å². The van der Waals surface area contributed by atoms with Gasteiger partial charge in [-0.1, -0.05) is 46.6 Å². The number of ether oxygens (including phenoxy) is 1. The maximum Gasteiger partial charge on any atom is 0.177 e. The second kappa shape index (κ2) is 8.85. The summed E-state index contributed by atoms with van der Waals surface area (Å²) in [6, 6.07) is 13.8. The second-order valence-corrected chi connectivity index (χ2v) is 9.13. The van der Waals surface area contributed by atoms with Crippen LogP contribution in [0.4, 0.5) is 4.39 Å². The summed E-state index contributed by atoms with van der Waals surface area (Å²) in [6.45, 7) is 6.58. The third-order valence-corrected chi connectivity index (χ3v) is 6.03. The van der Waals surface area contributed by atoms with E-state index >= 15 is 4.39 Å². The van der Waals surface area contributed by atoms with Gasteiger partial charge in [-0.05, 0) is 69.2 Å². The van der Waals surface area contributed by atoms with Crippen LogP contribution < -0.4 is 10.1 Å². The number of benzene rings is 2. The van der Waals surface area contributed by atoms with E-state index in [1.807, 2.05) is 25.1 Å². The number of halogens is 1. The fourth-order valence-corrected chi connectivity index (χ4v) is 4.41. The van der Waals surface area contributed by atoms with Crippen LogP contribution in [-0.2, 0) is 11.3 Å². The van der Waals surface area contributed by atoms with Crippen molar-refractivity contribution in [3.63, 3.8) is 0 Å². The van der Waals surface area contributed by atoms with Crippen LogP contribution >= 0.6 is 0 Å². The number of hydrogen-bond acceptors (Lipinski definition) is 5. The maximum atomic E-state index is 15.1. The first-order valence-electron chi connectivity index (χ1n) is 11.4. The summed E-state index contributed by atoms with van der Waals surface area (Å²) < 4.78 is 21.1. The predicted octanol–water partition coefficient (Wildman–Crippen LogP) is 5.71. The maximum absolute atomic E-state index is 15.1. The molecular weight excluding hydrogens is 417 g/mol. The molecule has 2 heterocycles. The molecule has 1 fully saturated rings. The van der Waals surface area contributed by atoms with Gasteiger partial charge in [0.25, 0.3) is 0 Å². The first-order chi connectivity index (χ1) is 16.0. The zero-order valence-corrected chi connectivity index (χ0v) is 19.2. The van der Waals surface area contributed by atoms with Crippen molar-refractivity contribution in [2.45, 2.75) is 52.0 Å². The molecule has 6 heteroatoms. The highest BCUT2D eigenvalue weighted by molar-refractivity contribution is 6.01. The van der Waals surface area contributed by atoms with Crippen LogP contribution in [-0.4, -0.2) is 23.5 Å². The van der Waals surface area contributed by atoms with Crippen LogP contribution in [0.2, 0.25) is 0 Å². The summed E-state index contributed by atoms with van der Waals surface area (Å²) in [6.07, 6.45) is 4.47. The van der Waals surface area contributed by atoms with E-state index < -0.39 is 0 Å². The molecule has 170 valence electrons. The van der Waals surface area contributed by atoms with E-state index in [2.05, 4.69) is 47.5 Å². The van der Waals surface area contributed by atoms with Gasteiger partial charge in [0.1, 0.15) is 6.61 Å². The molecule has 0 radical (unpaired) electrons. The second-order valence-electron chi connectivity index (χ2n) is 9.13. The van der Waals surface area contributed by atoms with Crippen molar-refractivity contribution in [1.29, 1.82) is 0 Å². The molecule has 0 spiro atoms. The highest BCUT2D eigenvalue weighted by Crippen LogP contribution is 2.43. The summed E-state index contributed by atoms with van der Waals surface area (Å²) in [5, 5.41) is 7.74. The topological polar surface area (TPSA) is 55.7 Å². The summed E-state index contributed by atoms with van der Waals surface area (Å²) in [5.41, 5.74) is 5.96. The van der Waals surface area contributed by atoms with Gasteiger partial charge in [0.2, 0.25) is 0 Å². The lowest BCUT2D eigenvalue weighted by atomic mass is 10.0. The van der Waals surface area contributed by atoms with Crippen LogP contribution in [0.1, 0.15) is 52.3 Å². The van der Waals surface area contributed by atoms with Gasteiger partial charge in [0, 0.05) is 5.69 Å². The number of hydrogen-bond donors (Lipinski definition) is 1. The predicted molar refractivity (Wildman–Crippen MR) is 126 cm³/mol. The van der Waals surface area contributed by atoms with Gasteiger partial charge >= 0.3 is 0 Å². The van der Waals surface area contributed by atoms with E-state index in [-0.39, 0.29) is 17.6 Å². The minimum atomic E-state index is -0.297. The van der Waals surface area contributed by atoms with Crippen molar-refractivity contribution in [3.05, 3.63) is 88.0 Å². The van der Waals surface area contributed by atoms with E-state index in [0.29, 0.717) is 29.7 Å². The molecule has 0 saturated heterocycles. The van der Waals surface area contributed by atoms with Crippen molar-refractivity contribution in [2.24, 2.45) is 5.16 Å². The molecule has 1 saturated carbocycles. The molecule has 5 nitrogen and oxygen atoms in total. The van der Waals surface area contributed by atoms with Crippen LogP contribution in [0.15, 0.2) is 53.8 Å². The lowest BCUT2D eigenvalue weighted by molar-refractivity contribution is 0.109. The Morgan fingerprint density at radius 1 is 1.06 bits per heavy atom. The third-order valence-electron chi connectivity index (χ3n) is 6.03. The molecule has 2 aromatic carbocycles. The molecule has 1 N–H and O–H groups in total.